The van der Waals surface area contributed by atoms with Gasteiger partial charge >= 0.3 is 0 Å². The van der Waals surface area contributed by atoms with Crippen LogP contribution in [0.1, 0.15) is 24.5 Å². The van der Waals surface area contributed by atoms with Gasteiger partial charge in [-0.3, -0.25) is 0 Å². The normalized spacial score (nSPS) is 14.7. The Morgan fingerprint density at radius 3 is 2.88 bits per heavy atom. The highest BCUT2D eigenvalue weighted by Crippen LogP contribution is 2.34. The van der Waals surface area contributed by atoms with E-state index in [0.717, 1.165) is 18.4 Å². The van der Waals surface area contributed by atoms with Crippen molar-refractivity contribution in [2.75, 3.05) is 13.2 Å². The molecule has 0 unspecified atom stereocenters. The van der Waals surface area contributed by atoms with Crippen LogP contribution < -0.4 is 0 Å². The van der Waals surface area contributed by atoms with Crippen molar-refractivity contribution in [1.29, 1.82) is 0 Å². The molecule has 1 aromatic carbocycles. The maximum atomic E-state index is 5.67. The zero-order chi connectivity index (χ0) is 12.3. The summed E-state index contributed by atoms with van der Waals surface area (Å²) in [6, 6.07) is 8.57. The Labute approximate surface area is 111 Å². The lowest BCUT2D eigenvalue weighted by Gasteiger charge is -2.20. The summed E-state index contributed by atoms with van der Waals surface area (Å²) in [5, 5.41) is 0. The molecule has 0 atom stereocenters. The van der Waals surface area contributed by atoms with Gasteiger partial charge in [0.15, 0.2) is 0 Å². The van der Waals surface area contributed by atoms with Gasteiger partial charge in [0.1, 0.15) is 0 Å². The lowest BCUT2D eigenvalue weighted by Crippen LogP contribution is -2.08. The largest absolute Gasteiger partial charge is 0.372 e. The lowest BCUT2D eigenvalue weighted by atomic mass is 9.91. The first-order valence-electron chi connectivity index (χ1n) is 5.86. The van der Waals surface area contributed by atoms with Crippen molar-refractivity contribution < 1.29 is 4.74 Å². The third kappa shape index (κ3) is 3.08. The Bertz CT molecular complexity index is 460. The summed E-state index contributed by atoms with van der Waals surface area (Å²) in [6.07, 6.45) is 2.18. The summed E-state index contributed by atoms with van der Waals surface area (Å²) in [4.78, 5) is 0. The minimum atomic E-state index is 0.631. The number of hydrogen-bond donors (Lipinski definition) is 0. The number of rotatable bonds is 4. The van der Waals surface area contributed by atoms with Gasteiger partial charge in [-0.05, 0) is 36.5 Å². The van der Waals surface area contributed by atoms with E-state index in [1.165, 1.54) is 21.2 Å². The minimum absolute atomic E-state index is 0.631. The van der Waals surface area contributed by atoms with Gasteiger partial charge in [0, 0.05) is 4.48 Å². The Hall–Kier alpha value is -0.860. The highest BCUT2D eigenvalue weighted by atomic mass is 79.9. The van der Waals surface area contributed by atoms with E-state index in [-0.39, 0.29) is 0 Å². The smallest absolute Gasteiger partial charge is 0.0734 e. The van der Waals surface area contributed by atoms with E-state index in [0.29, 0.717) is 13.2 Å². The number of aryl methyl sites for hydroxylation is 1. The summed E-state index contributed by atoms with van der Waals surface area (Å²) in [5.74, 6) is 0. The SMILES string of the molecule is C=C(C)COCC1=C(Br)CCc2ccccc21. The number of fused-ring (bicyclic) bond motifs is 1. The van der Waals surface area contributed by atoms with E-state index in [4.69, 9.17) is 4.74 Å². The van der Waals surface area contributed by atoms with Gasteiger partial charge < -0.3 is 4.74 Å². The van der Waals surface area contributed by atoms with Crippen LogP contribution in [0.2, 0.25) is 0 Å². The lowest BCUT2D eigenvalue weighted by molar-refractivity contribution is 0.192. The number of ether oxygens (including phenoxy) is 1. The van der Waals surface area contributed by atoms with Gasteiger partial charge in [-0.15, -0.1) is 0 Å². The third-order valence-corrected chi connectivity index (χ3v) is 3.75. The van der Waals surface area contributed by atoms with Crippen LogP contribution in [0.3, 0.4) is 0 Å². The predicted molar refractivity (Wildman–Crippen MR) is 76.2 cm³/mol. The highest BCUT2D eigenvalue weighted by Gasteiger charge is 2.16. The summed E-state index contributed by atoms with van der Waals surface area (Å²) < 4.78 is 6.95. The van der Waals surface area contributed by atoms with E-state index >= 15 is 0 Å². The van der Waals surface area contributed by atoms with Crippen LogP contribution in [0.25, 0.3) is 5.57 Å². The van der Waals surface area contributed by atoms with E-state index in [2.05, 4.69) is 46.8 Å². The van der Waals surface area contributed by atoms with Crippen molar-refractivity contribution in [2.24, 2.45) is 0 Å². The van der Waals surface area contributed by atoms with Gasteiger partial charge in [-0.1, -0.05) is 52.3 Å². The number of halogens is 1. The molecule has 1 aliphatic rings. The Kier molecular flexibility index (Phi) is 4.19. The van der Waals surface area contributed by atoms with E-state index in [1.54, 1.807) is 0 Å². The van der Waals surface area contributed by atoms with Gasteiger partial charge in [0.2, 0.25) is 0 Å². The molecule has 0 heterocycles. The molecule has 0 bridgehead atoms. The van der Waals surface area contributed by atoms with Crippen LogP contribution in [0.4, 0.5) is 0 Å². The average molecular weight is 293 g/mol. The van der Waals surface area contributed by atoms with Gasteiger partial charge in [-0.25, -0.2) is 0 Å². The monoisotopic (exact) mass is 292 g/mol. The highest BCUT2D eigenvalue weighted by molar-refractivity contribution is 9.11. The maximum absolute atomic E-state index is 5.67. The van der Waals surface area contributed by atoms with Crippen molar-refractivity contribution in [1.82, 2.24) is 0 Å². The molecule has 0 amide bonds. The molecule has 17 heavy (non-hydrogen) atoms. The Balaban J connectivity index is 2.16. The first-order chi connectivity index (χ1) is 8.18. The van der Waals surface area contributed by atoms with Gasteiger partial charge in [0.05, 0.1) is 13.2 Å². The molecule has 90 valence electrons. The van der Waals surface area contributed by atoms with Gasteiger partial charge in [-0.2, -0.15) is 0 Å². The molecule has 2 heteroatoms. The van der Waals surface area contributed by atoms with Crippen LogP contribution in [0, 0.1) is 0 Å². The van der Waals surface area contributed by atoms with Crippen molar-refractivity contribution in [3.8, 4) is 0 Å². The molecule has 1 nitrogen and oxygen atoms in total. The number of allylic oxidation sites excluding steroid dienone is 1. The average Bonchev–Trinajstić information content (AvgIpc) is 2.32. The molecule has 1 aliphatic carbocycles. The summed E-state index contributed by atoms with van der Waals surface area (Å²) >= 11 is 3.67. The van der Waals surface area contributed by atoms with E-state index in [9.17, 15) is 0 Å². The van der Waals surface area contributed by atoms with Crippen molar-refractivity contribution in [3.63, 3.8) is 0 Å². The topological polar surface area (TPSA) is 9.23 Å². The standard InChI is InChI=1S/C15H17BrO/c1-11(2)9-17-10-14-13-6-4-3-5-12(13)7-8-15(14)16/h3-6H,1,7-10H2,2H3. The van der Waals surface area contributed by atoms with Crippen LogP contribution in [0.15, 0.2) is 40.9 Å². The quantitative estimate of drug-likeness (QED) is 0.751. The molecule has 0 aromatic heterocycles. The molecule has 0 saturated heterocycles. The molecular weight excluding hydrogens is 276 g/mol. The van der Waals surface area contributed by atoms with Crippen LogP contribution >= 0.6 is 15.9 Å². The molecule has 0 aliphatic heterocycles. The minimum Gasteiger partial charge on any atom is -0.372 e. The molecule has 0 N–H and O–H groups in total. The second-order valence-corrected chi connectivity index (χ2v) is 5.45. The van der Waals surface area contributed by atoms with Crippen molar-refractivity contribution >= 4 is 21.5 Å². The van der Waals surface area contributed by atoms with Crippen LogP contribution in [-0.4, -0.2) is 13.2 Å². The van der Waals surface area contributed by atoms with Crippen LogP contribution in [-0.2, 0) is 11.2 Å². The zero-order valence-electron chi connectivity index (χ0n) is 10.1. The molecule has 0 saturated carbocycles. The second-order valence-electron chi connectivity index (χ2n) is 4.49. The fourth-order valence-electron chi connectivity index (χ4n) is 2.06. The zero-order valence-corrected chi connectivity index (χ0v) is 11.7. The molecule has 0 spiro atoms. The maximum Gasteiger partial charge on any atom is 0.0734 e. The first kappa shape index (κ1) is 12.6. The summed E-state index contributed by atoms with van der Waals surface area (Å²) in [6.45, 7) is 7.12. The molecule has 0 radical (unpaired) electrons. The Morgan fingerprint density at radius 1 is 1.35 bits per heavy atom. The number of hydrogen-bond acceptors (Lipinski definition) is 1. The predicted octanol–water partition coefficient (Wildman–Crippen LogP) is 4.33. The van der Waals surface area contributed by atoms with E-state index in [1.807, 2.05) is 6.92 Å². The van der Waals surface area contributed by atoms with Crippen LogP contribution in [0.5, 0.6) is 0 Å². The van der Waals surface area contributed by atoms with Crippen molar-refractivity contribution in [3.05, 3.63) is 52.0 Å². The fourth-order valence-corrected chi connectivity index (χ4v) is 2.58. The third-order valence-electron chi connectivity index (χ3n) is 2.88. The summed E-state index contributed by atoms with van der Waals surface area (Å²) in [7, 11) is 0. The summed E-state index contributed by atoms with van der Waals surface area (Å²) in [5.41, 5.74) is 5.09. The first-order valence-corrected chi connectivity index (χ1v) is 6.65. The molecule has 2 rings (SSSR count). The molecule has 1 aromatic rings. The molecular formula is C15H17BrO. The Morgan fingerprint density at radius 2 is 2.12 bits per heavy atom. The second kappa shape index (κ2) is 5.65. The fraction of sp³-hybridized carbons (Fsp3) is 0.333. The number of benzene rings is 1. The van der Waals surface area contributed by atoms with Crippen molar-refractivity contribution in [2.45, 2.75) is 19.8 Å². The van der Waals surface area contributed by atoms with E-state index < -0.39 is 0 Å². The molecule has 0 fully saturated rings. The van der Waals surface area contributed by atoms with Gasteiger partial charge in [0.25, 0.3) is 0 Å².